The summed E-state index contributed by atoms with van der Waals surface area (Å²) in [7, 11) is 0. The molecule has 3 aromatic rings. The van der Waals surface area contributed by atoms with Gasteiger partial charge in [-0.15, -0.1) is 0 Å². The molecule has 4 rings (SSSR count). The first-order chi connectivity index (χ1) is 12.7. The highest BCUT2D eigenvalue weighted by Gasteiger charge is 2.13. The molecular formula is C18H19ClN6S. The number of aromatic nitrogens is 4. The van der Waals surface area contributed by atoms with Crippen molar-refractivity contribution >= 4 is 46.2 Å². The minimum atomic E-state index is 0.319. The predicted molar refractivity (Wildman–Crippen MR) is 106 cm³/mol. The topological polar surface area (TPSA) is 80.8 Å². The number of fused-ring (bicyclic) bond motifs is 1. The van der Waals surface area contributed by atoms with Gasteiger partial charge in [0.1, 0.15) is 22.2 Å². The van der Waals surface area contributed by atoms with Gasteiger partial charge in [-0.3, -0.25) is 0 Å². The molecule has 0 aromatic carbocycles. The van der Waals surface area contributed by atoms with Crippen molar-refractivity contribution in [3.63, 3.8) is 0 Å². The van der Waals surface area contributed by atoms with Gasteiger partial charge in [-0.25, -0.2) is 19.9 Å². The van der Waals surface area contributed by atoms with Crippen LogP contribution in [-0.4, -0.2) is 33.0 Å². The minimum absolute atomic E-state index is 0.319. The highest BCUT2D eigenvalue weighted by atomic mass is 35.5. The smallest absolute Gasteiger partial charge is 0.179 e. The van der Waals surface area contributed by atoms with Crippen LogP contribution in [0.1, 0.15) is 25.7 Å². The summed E-state index contributed by atoms with van der Waals surface area (Å²) in [6.07, 6.45) is 8.47. The summed E-state index contributed by atoms with van der Waals surface area (Å²) >= 11 is 7.65. The van der Waals surface area contributed by atoms with Crippen molar-refractivity contribution in [3.8, 4) is 0 Å². The molecule has 0 radical (unpaired) electrons. The average molecular weight is 387 g/mol. The van der Waals surface area contributed by atoms with Gasteiger partial charge in [-0.2, -0.15) is 0 Å². The van der Waals surface area contributed by atoms with Crippen molar-refractivity contribution in [2.45, 2.75) is 35.6 Å². The van der Waals surface area contributed by atoms with E-state index in [0.717, 1.165) is 34.3 Å². The summed E-state index contributed by atoms with van der Waals surface area (Å²) < 4.78 is 0. The summed E-state index contributed by atoms with van der Waals surface area (Å²) in [4.78, 5) is 21.0. The molecule has 0 bridgehead atoms. The highest BCUT2D eigenvalue weighted by molar-refractivity contribution is 7.99. The number of hydrogen-bond acceptors (Lipinski definition) is 7. The lowest BCUT2D eigenvalue weighted by molar-refractivity contribution is 0.726. The first kappa shape index (κ1) is 17.3. The summed E-state index contributed by atoms with van der Waals surface area (Å²) in [5.74, 6) is 1.26. The maximum Gasteiger partial charge on any atom is 0.179 e. The maximum absolute atomic E-state index is 6.21. The lowest BCUT2D eigenvalue weighted by Crippen LogP contribution is -2.25. The van der Waals surface area contributed by atoms with Gasteiger partial charge in [0.25, 0.3) is 0 Å². The molecule has 0 saturated carbocycles. The molecule has 2 N–H and O–H groups in total. The van der Waals surface area contributed by atoms with Crippen LogP contribution in [0.15, 0.2) is 40.5 Å². The fourth-order valence-electron chi connectivity index (χ4n) is 3.02. The molecule has 0 spiro atoms. The summed E-state index contributed by atoms with van der Waals surface area (Å²) in [6, 6.07) is 5.71. The van der Waals surface area contributed by atoms with Crippen LogP contribution in [0.25, 0.3) is 11.2 Å². The van der Waals surface area contributed by atoms with Gasteiger partial charge in [-0.1, -0.05) is 36.2 Å². The number of nitrogens with zero attached hydrogens (tertiary/aromatic N) is 5. The number of rotatable bonds is 3. The third kappa shape index (κ3) is 3.68. The summed E-state index contributed by atoms with van der Waals surface area (Å²) in [5, 5.41) is 1.24. The van der Waals surface area contributed by atoms with Crippen LogP contribution in [-0.2, 0) is 0 Å². The van der Waals surface area contributed by atoms with Gasteiger partial charge in [0.2, 0.25) is 0 Å². The van der Waals surface area contributed by atoms with Crippen LogP contribution in [0, 0.1) is 0 Å². The lowest BCUT2D eigenvalue weighted by atomic mass is 10.2. The Hall–Kier alpha value is -2.12. The van der Waals surface area contributed by atoms with Crippen molar-refractivity contribution in [3.05, 3.63) is 35.6 Å². The molecule has 3 aromatic heterocycles. The number of nitrogens with two attached hydrogens (primary N) is 1. The lowest BCUT2D eigenvalue weighted by Gasteiger charge is -2.21. The van der Waals surface area contributed by atoms with E-state index in [1.54, 1.807) is 6.20 Å². The molecule has 1 saturated heterocycles. The first-order valence-corrected chi connectivity index (χ1v) is 9.87. The molecule has 26 heavy (non-hydrogen) atoms. The van der Waals surface area contributed by atoms with E-state index in [9.17, 15) is 0 Å². The quantitative estimate of drug-likeness (QED) is 0.722. The van der Waals surface area contributed by atoms with Gasteiger partial charge < -0.3 is 10.6 Å². The Labute approximate surface area is 161 Å². The molecule has 1 aliphatic rings. The molecule has 0 atom stereocenters. The Morgan fingerprint density at radius 2 is 1.81 bits per heavy atom. The molecule has 8 heteroatoms. The van der Waals surface area contributed by atoms with Gasteiger partial charge >= 0.3 is 0 Å². The van der Waals surface area contributed by atoms with Crippen molar-refractivity contribution in [2.24, 2.45) is 0 Å². The fourth-order valence-corrected chi connectivity index (χ4v) is 4.06. The van der Waals surface area contributed by atoms with Crippen molar-refractivity contribution in [1.82, 2.24) is 19.9 Å². The van der Waals surface area contributed by atoms with Gasteiger partial charge in [0.05, 0.1) is 11.2 Å². The molecule has 4 heterocycles. The van der Waals surface area contributed by atoms with Gasteiger partial charge in [-0.05, 0) is 31.0 Å². The standard InChI is InChI=1S/C18H19ClN6S/c19-16-13(7-8-21-17(16)20)26-15-6-5-12-18(24-15)22-11-14(23-12)25-9-3-1-2-4-10-25/h5-8,11H,1-4,9-10H2,(H2,20,21). The molecule has 0 unspecified atom stereocenters. The normalized spacial score (nSPS) is 15.2. The van der Waals surface area contributed by atoms with E-state index in [1.165, 1.54) is 37.4 Å². The molecule has 1 aliphatic heterocycles. The molecule has 0 amide bonds. The van der Waals surface area contributed by atoms with Crippen LogP contribution < -0.4 is 10.6 Å². The average Bonchev–Trinajstić information content (AvgIpc) is 2.94. The SMILES string of the molecule is Nc1nccc(Sc2ccc3nc(N4CCCCCC4)cnc3n2)c1Cl. The second-order valence-electron chi connectivity index (χ2n) is 6.23. The van der Waals surface area contributed by atoms with E-state index >= 15 is 0 Å². The molecule has 6 nitrogen and oxygen atoms in total. The largest absolute Gasteiger partial charge is 0.382 e. The van der Waals surface area contributed by atoms with E-state index in [4.69, 9.17) is 22.3 Å². The van der Waals surface area contributed by atoms with E-state index in [0.29, 0.717) is 16.5 Å². The van der Waals surface area contributed by atoms with Crippen molar-refractivity contribution in [2.75, 3.05) is 23.7 Å². The summed E-state index contributed by atoms with van der Waals surface area (Å²) in [5.41, 5.74) is 7.19. The zero-order valence-electron chi connectivity index (χ0n) is 14.2. The Kier molecular flexibility index (Phi) is 5.08. The molecule has 1 fully saturated rings. The maximum atomic E-state index is 6.21. The Morgan fingerprint density at radius 1 is 1.00 bits per heavy atom. The molecule has 0 aliphatic carbocycles. The number of halogens is 1. The summed E-state index contributed by atoms with van der Waals surface area (Å²) in [6.45, 7) is 2.09. The Balaban J connectivity index is 1.59. The van der Waals surface area contributed by atoms with Crippen LogP contribution in [0.5, 0.6) is 0 Å². The zero-order valence-corrected chi connectivity index (χ0v) is 15.8. The van der Waals surface area contributed by atoms with Crippen LogP contribution in [0.3, 0.4) is 0 Å². The molecule has 134 valence electrons. The van der Waals surface area contributed by atoms with Gasteiger partial charge in [0.15, 0.2) is 5.65 Å². The fraction of sp³-hybridized carbons (Fsp3) is 0.333. The number of hydrogen-bond donors (Lipinski definition) is 1. The van der Waals surface area contributed by atoms with Gasteiger partial charge in [0, 0.05) is 24.2 Å². The Morgan fingerprint density at radius 3 is 2.62 bits per heavy atom. The number of anilines is 2. The monoisotopic (exact) mass is 386 g/mol. The van der Waals surface area contributed by atoms with Crippen molar-refractivity contribution in [1.29, 1.82) is 0 Å². The van der Waals surface area contributed by atoms with Crippen LogP contribution in [0.4, 0.5) is 11.6 Å². The van der Waals surface area contributed by atoms with E-state index in [-0.39, 0.29) is 0 Å². The van der Waals surface area contributed by atoms with Crippen molar-refractivity contribution < 1.29 is 0 Å². The number of pyridine rings is 2. The highest BCUT2D eigenvalue weighted by Crippen LogP contribution is 2.34. The molecular weight excluding hydrogens is 368 g/mol. The third-order valence-corrected chi connectivity index (χ3v) is 5.90. The number of nitrogen functional groups attached to an aromatic ring is 1. The minimum Gasteiger partial charge on any atom is -0.382 e. The van der Waals surface area contributed by atoms with Crippen LogP contribution >= 0.6 is 23.4 Å². The predicted octanol–water partition coefficient (Wildman–Crippen LogP) is 4.19. The van der Waals surface area contributed by atoms with E-state index < -0.39 is 0 Å². The second-order valence-corrected chi connectivity index (χ2v) is 7.67. The van der Waals surface area contributed by atoms with Crippen LogP contribution in [0.2, 0.25) is 5.02 Å². The van der Waals surface area contributed by atoms with E-state index in [2.05, 4.69) is 19.9 Å². The zero-order chi connectivity index (χ0) is 17.9. The van der Waals surface area contributed by atoms with E-state index in [1.807, 2.05) is 24.4 Å². The first-order valence-electron chi connectivity index (χ1n) is 8.67. The third-order valence-electron chi connectivity index (χ3n) is 4.39. The Bertz CT molecular complexity index is 927. The second kappa shape index (κ2) is 7.63.